The maximum Gasteiger partial charge on any atom is 0.337 e. The van der Waals surface area contributed by atoms with E-state index in [1.807, 2.05) is 0 Å². The smallest absolute Gasteiger partial charge is 0.337 e. The number of carbonyl (C=O) groups is 1. The lowest BCUT2D eigenvalue weighted by atomic mass is 10.2. The van der Waals surface area contributed by atoms with Gasteiger partial charge in [0.15, 0.2) is 0 Å². The van der Waals surface area contributed by atoms with Crippen LogP contribution >= 0.6 is 0 Å². The SMILES string of the molecule is Cc1cc(Oc2cncc(C(=O)O)c2)cc([N+](=O)[O-])c1. The first-order valence-corrected chi connectivity index (χ1v) is 5.58. The van der Waals surface area contributed by atoms with Crippen LogP contribution in [0.15, 0.2) is 36.7 Å². The Hall–Kier alpha value is -2.96. The second-order valence-corrected chi connectivity index (χ2v) is 4.08. The van der Waals surface area contributed by atoms with Crippen LogP contribution in [0, 0.1) is 17.0 Å². The zero-order chi connectivity index (χ0) is 14.7. The van der Waals surface area contributed by atoms with E-state index in [0.717, 1.165) is 0 Å². The number of nitro benzene ring substituents is 1. The molecular formula is C13H10N2O5. The van der Waals surface area contributed by atoms with Crippen molar-refractivity contribution in [2.24, 2.45) is 0 Å². The average Bonchev–Trinajstić information content (AvgIpc) is 2.38. The molecule has 0 saturated carbocycles. The first-order valence-electron chi connectivity index (χ1n) is 5.58. The summed E-state index contributed by atoms with van der Waals surface area (Å²) in [5, 5.41) is 19.6. The number of carboxylic acids is 1. The number of hydrogen-bond acceptors (Lipinski definition) is 5. The van der Waals surface area contributed by atoms with Crippen molar-refractivity contribution in [2.45, 2.75) is 6.92 Å². The van der Waals surface area contributed by atoms with Gasteiger partial charge >= 0.3 is 5.97 Å². The van der Waals surface area contributed by atoms with E-state index in [2.05, 4.69) is 4.98 Å². The van der Waals surface area contributed by atoms with Crippen molar-refractivity contribution in [1.82, 2.24) is 4.98 Å². The molecule has 0 atom stereocenters. The van der Waals surface area contributed by atoms with Gasteiger partial charge in [-0.25, -0.2) is 4.79 Å². The normalized spacial score (nSPS) is 10.1. The molecule has 7 nitrogen and oxygen atoms in total. The largest absolute Gasteiger partial charge is 0.478 e. The van der Waals surface area contributed by atoms with E-state index < -0.39 is 10.9 Å². The molecule has 0 aliphatic rings. The van der Waals surface area contributed by atoms with E-state index in [1.165, 1.54) is 30.6 Å². The molecule has 0 spiro atoms. The number of nitrogens with zero attached hydrogens (tertiary/aromatic N) is 2. The van der Waals surface area contributed by atoms with Crippen molar-refractivity contribution in [3.63, 3.8) is 0 Å². The Morgan fingerprint density at radius 1 is 1.25 bits per heavy atom. The molecule has 0 radical (unpaired) electrons. The van der Waals surface area contributed by atoms with Gasteiger partial charge in [-0.2, -0.15) is 0 Å². The van der Waals surface area contributed by atoms with Gasteiger partial charge in [-0.15, -0.1) is 0 Å². The summed E-state index contributed by atoms with van der Waals surface area (Å²) < 4.78 is 5.41. The lowest BCUT2D eigenvalue weighted by Crippen LogP contribution is -1.98. The zero-order valence-electron chi connectivity index (χ0n) is 10.4. The Bertz CT molecular complexity index is 684. The summed E-state index contributed by atoms with van der Waals surface area (Å²) in [6.07, 6.45) is 2.52. The summed E-state index contributed by atoms with van der Waals surface area (Å²) in [5.41, 5.74) is 0.545. The van der Waals surface area contributed by atoms with E-state index in [9.17, 15) is 14.9 Å². The molecule has 0 amide bonds. The van der Waals surface area contributed by atoms with Crippen LogP contribution < -0.4 is 4.74 Å². The number of nitro groups is 1. The van der Waals surface area contributed by atoms with Gasteiger partial charge in [0.05, 0.1) is 22.7 Å². The Balaban J connectivity index is 2.32. The highest BCUT2D eigenvalue weighted by atomic mass is 16.6. The van der Waals surface area contributed by atoms with E-state index >= 15 is 0 Å². The molecule has 1 heterocycles. The third-order valence-corrected chi connectivity index (χ3v) is 2.44. The summed E-state index contributed by atoms with van der Waals surface area (Å²) in [5.74, 6) is -0.677. The van der Waals surface area contributed by atoms with Crippen molar-refractivity contribution in [3.05, 3.63) is 57.9 Å². The van der Waals surface area contributed by atoms with Crippen LogP contribution in [0.25, 0.3) is 0 Å². The summed E-state index contributed by atoms with van der Waals surface area (Å²) in [4.78, 5) is 24.8. The number of rotatable bonds is 4. The average molecular weight is 274 g/mol. The highest BCUT2D eigenvalue weighted by Gasteiger charge is 2.11. The number of pyridine rings is 1. The van der Waals surface area contributed by atoms with E-state index in [1.54, 1.807) is 13.0 Å². The van der Waals surface area contributed by atoms with E-state index in [4.69, 9.17) is 9.84 Å². The molecule has 7 heteroatoms. The molecule has 2 rings (SSSR count). The predicted octanol–water partition coefficient (Wildman–Crippen LogP) is 2.79. The van der Waals surface area contributed by atoms with Crippen LogP contribution in [0.4, 0.5) is 5.69 Å². The molecule has 102 valence electrons. The van der Waals surface area contributed by atoms with Crippen molar-refractivity contribution < 1.29 is 19.6 Å². The molecular weight excluding hydrogens is 264 g/mol. The Kier molecular flexibility index (Phi) is 3.60. The molecule has 2 aromatic rings. The number of non-ortho nitro benzene ring substituents is 1. The molecule has 1 aromatic heterocycles. The minimum Gasteiger partial charge on any atom is -0.478 e. The van der Waals surface area contributed by atoms with Crippen molar-refractivity contribution in [1.29, 1.82) is 0 Å². The van der Waals surface area contributed by atoms with Gasteiger partial charge in [-0.1, -0.05) is 0 Å². The maximum absolute atomic E-state index is 10.8. The van der Waals surface area contributed by atoms with Crippen LogP contribution in [-0.2, 0) is 0 Å². The number of hydrogen-bond donors (Lipinski definition) is 1. The number of ether oxygens (including phenoxy) is 1. The fourth-order valence-electron chi connectivity index (χ4n) is 1.62. The lowest BCUT2D eigenvalue weighted by molar-refractivity contribution is -0.385. The predicted molar refractivity (Wildman–Crippen MR) is 69.1 cm³/mol. The summed E-state index contributed by atoms with van der Waals surface area (Å²) in [7, 11) is 0. The second-order valence-electron chi connectivity index (χ2n) is 4.08. The molecule has 0 aliphatic heterocycles. The highest BCUT2D eigenvalue weighted by molar-refractivity contribution is 5.87. The monoisotopic (exact) mass is 274 g/mol. The molecule has 0 aliphatic carbocycles. The molecule has 0 fully saturated rings. The van der Waals surface area contributed by atoms with E-state index in [0.29, 0.717) is 5.56 Å². The quantitative estimate of drug-likeness (QED) is 0.679. The summed E-state index contributed by atoms with van der Waals surface area (Å²) in [6.45, 7) is 1.70. The van der Waals surface area contributed by atoms with Gasteiger partial charge in [0, 0.05) is 12.3 Å². The Morgan fingerprint density at radius 3 is 2.65 bits per heavy atom. The van der Waals surface area contributed by atoms with Gasteiger partial charge in [-0.05, 0) is 24.6 Å². The minimum absolute atomic E-state index is 0.0235. The van der Waals surface area contributed by atoms with Crippen LogP contribution in [0.2, 0.25) is 0 Å². The fraction of sp³-hybridized carbons (Fsp3) is 0.0769. The highest BCUT2D eigenvalue weighted by Crippen LogP contribution is 2.27. The number of aromatic nitrogens is 1. The van der Waals surface area contributed by atoms with Gasteiger partial charge in [0.1, 0.15) is 11.5 Å². The minimum atomic E-state index is -1.13. The summed E-state index contributed by atoms with van der Waals surface area (Å²) >= 11 is 0. The van der Waals surface area contributed by atoms with Crippen LogP contribution in [0.3, 0.4) is 0 Å². The van der Waals surface area contributed by atoms with Crippen LogP contribution in [-0.4, -0.2) is 21.0 Å². The Morgan fingerprint density at radius 2 is 2.00 bits per heavy atom. The number of carboxylic acid groups (broad SMARTS) is 1. The third-order valence-electron chi connectivity index (χ3n) is 2.44. The standard InChI is InChI=1S/C13H10N2O5/c1-8-2-10(15(18)19)5-11(3-8)20-12-4-9(13(16)17)6-14-7-12/h2-7H,1H3,(H,16,17). The molecule has 0 unspecified atom stereocenters. The number of benzene rings is 1. The van der Waals surface area contributed by atoms with Gasteiger partial charge < -0.3 is 9.84 Å². The van der Waals surface area contributed by atoms with Crippen LogP contribution in [0.5, 0.6) is 11.5 Å². The number of aromatic carboxylic acids is 1. The van der Waals surface area contributed by atoms with Crippen LogP contribution in [0.1, 0.15) is 15.9 Å². The van der Waals surface area contributed by atoms with Gasteiger partial charge in [0.25, 0.3) is 5.69 Å². The van der Waals surface area contributed by atoms with Crippen molar-refractivity contribution in [2.75, 3.05) is 0 Å². The second kappa shape index (κ2) is 5.35. The molecule has 0 saturated heterocycles. The van der Waals surface area contributed by atoms with Gasteiger partial charge in [0.2, 0.25) is 0 Å². The summed E-state index contributed by atoms with van der Waals surface area (Å²) in [6, 6.07) is 5.59. The number of aryl methyl sites for hydroxylation is 1. The third kappa shape index (κ3) is 3.08. The topological polar surface area (TPSA) is 103 Å². The zero-order valence-corrected chi connectivity index (χ0v) is 10.4. The first kappa shape index (κ1) is 13.5. The van der Waals surface area contributed by atoms with Crippen molar-refractivity contribution in [3.8, 4) is 11.5 Å². The molecule has 1 N–H and O–H groups in total. The lowest BCUT2D eigenvalue weighted by Gasteiger charge is -2.06. The molecule has 0 bridgehead atoms. The first-order chi connectivity index (χ1) is 9.45. The van der Waals surface area contributed by atoms with Gasteiger partial charge in [-0.3, -0.25) is 15.1 Å². The molecule has 20 heavy (non-hydrogen) atoms. The molecule has 1 aromatic carbocycles. The Labute approximate surface area is 113 Å². The van der Waals surface area contributed by atoms with Crippen molar-refractivity contribution >= 4 is 11.7 Å². The fourth-order valence-corrected chi connectivity index (χ4v) is 1.62. The maximum atomic E-state index is 10.8. The van der Waals surface area contributed by atoms with E-state index in [-0.39, 0.29) is 22.7 Å².